The third-order valence-electron chi connectivity index (χ3n) is 6.31. The molecule has 4 N–H and O–H groups in total. The maximum atomic E-state index is 13.3. The molecule has 1 heterocycles. The molecule has 0 fully saturated rings. The van der Waals surface area contributed by atoms with E-state index < -0.39 is 34.5 Å². The third-order valence-corrected chi connectivity index (χ3v) is 8.43. The van der Waals surface area contributed by atoms with Gasteiger partial charge in [-0.15, -0.1) is 0 Å². The van der Waals surface area contributed by atoms with E-state index in [9.17, 15) is 18.0 Å². The number of nitrogens with one attached hydrogen (secondary N) is 3. The van der Waals surface area contributed by atoms with Crippen molar-refractivity contribution in [3.05, 3.63) is 94.6 Å². The number of hydrogen-bond donors (Lipinski definition) is 4. The number of H-pyrrole nitrogens is 1. The van der Waals surface area contributed by atoms with E-state index in [1.54, 1.807) is 36.5 Å². The van der Waals surface area contributed by atoms with Gasteiger partial charge in [0, 0.05) is 22.6 Å². The number of carboxylic acids is 1. The maximum absolute atomic E-state index is 13.3. The third kappa shape index (κ3) is 7.71. The van der Waals surface area contributed by atoms with Crippen molar-refractivity contribution < 1.29 is 27.9 Å². The highest BCUT2D eigenvalue weighted by molar-refractivity contribution is 9.10. The van der Waals surface area contributed by atoms with Gasteiger partial charge >= 0.3 is 5.97 Å². The average Bonchev–Trinajstić information content (AvgIpc) is 3.34. The Morgan fingerprint density at radius 2 is 1.68 bits per heavy atom. The number of aromatic amines is 1. The van der Waals surface area contributed by atoms with Crippen molar-refractivity contribution in [3.8, 4) is 5.75 Å². The van der Waals surface area contributed by atoms with Gasteiger partial charge in [-0.1, -0.05) is 54.6 Å². The Morgan fingerprint density at radius 3 is 2.38 bits per heavy atom. The SMILES string of the molecule is O=C(O)COc1ccc(CC(NS(=O)(=O)c2ccccc2)C(=O)NCCCCc2ccccc2)c2c(Br)c[nH]c12. The number of aryl methyl sites for hydroxylation is 1. The van der Waals surface area contributed by atoms with Crippen molar-refractivity contribution in [1.29, 1.82) is 0 Å². The molecular formula is C29H30BrN3O6S. The van der Waals surface area contributed by atoms with Gasteiger partial charge in [0.15, 0.2) is 6.61 Å². The average molecular weight is 629 g/mol. The van der Waals surface area contributed by atoms with Gasteiger partial charge in [-0.05, 0) is 70.9 Å². The summed E-state index contributed by atoms with van der Waals surface area (Å²) in [6.45, 7) is -0.113. The second kappa shape index (κ2) is 13.6. The summed E-state index contributed by atoms with van der Waals surface area (Å²) in [6.07, 6.45) is 4.23. The van der Waals surface area contributed by atoms with Crippen LogP contribution in [-0.2, 0) is 32.5 Å². The molecule has 210 valence electrons. The molecule has 40 heavy (non-hydrogen) atoms. The number of benzene rings is 3. The van der Waals surface area contributed by atoms with Crippen LogP contribution in [0.5, 0.6) is 5.75 Å². The molecule has 0 spiro atoms. The van der Waals surface area contributed by atoms with Crippen LogP contribution in [0.2, 0.25) is 0 Å². The number of carbonyl (C=O) groups excluding carboxylic acids is 1. The highest BCUT2D eigenvalue weighted by Gasteiger charge is 2.27. The molecule has 0 aliphatic carbocycles. The number of unbranched alkanes of at least 4 members (excludes halogenated alkanes) is 1. The molecule has 9 nitrogen and oxygen atoms in total. The molecule has 0 saturated carbocycles. The zero-order chi connectivity index (χ0) is 28.5. The minimum Gasteiger partial charge on any atom is -0.480 e. The van der Waals surface area contributed by atoms with Gasteiger partial charge in [0.05, 0.1) is 10.4 Å². The molecule has 0 aliphatic heterocycles. The maximum Gasteiger partial charge on any atom is 0.341 e. The summed E-state index contributed by atoms with van der Waals surface area (Å²) < 4.78 is 35.0. The lowest BCUT2D eigenvalue weighted by atomic mass is 10.0. The first-order valence-corrected chi connectivity index (χ1v) is 15.0. The number of hydrogen-bond acceptors (Lipinski definition) is 5. The van der Waals surface area contributed by atoms with Gasteiger partial charge in [-0.3, -0.25) is 4.79 Å². The van der Waals surface area contributed by atoms with Gasteiger partial charge < -0.3 is 20.1 Å². The molecular weight excluding hydrogens is 598 g/mol. The molecule has 1 atom stereocenters. The molecule has 0 aliphatic rings. The Bertz CT molecular complexity index is 1560. The number of carbonyl (C=O) groups is 2. The minimum atomic E-state index is -3.99. The van der Waals surface area contributed by atoms with Crippen LogP contribution in [0, 0.1) is 0 Å². The molecule has 0 bridgehead atoms. The van der Waals surface area contributed by atoms with E-state index in [0.29, 0.717) is 33.2 Å². The number of halogens is 1. The van der Waals surface area contributed by atoms with Crippen molar-refractivity contribution in [3.63, 3.8) is 0 Å². The fraction of sp³-hybridized carbons (Fsp3) is 0.241. The lowest BCUT2D eigenvalue weighted by molar-refractivity contribution is -0.139. The van der Waals surface area contributed by atoms with Crippen molar-refractivity contribution in [2.24, 2.45) is 0 Å². The second-order valence-corrected chi connectivity index (χ2v) is 11.8. The molecule has 4 rings (SSSR count). The van der Waals surface area contributed by atoms with Crippen LogP contribution in [0.4, 0.5) is 0 Å². The highest BCUT2D eigenvalue weighted by Crippen LogP contribution is 2.34. The molecule has 0 saturated heterocycles. The minimum absolute atomic E-state index is 0.0497. The fourth-order valence-corrected chi connectivity index (χ4v) is 6.16. The number of aliphatic carboxylic acids is 1. The van der Waals surface area contributed by atoms with Crippen LogP contribution in [-0.4, -0.2) is 49.6 Å². The topological polar surface area (TPSA) is 138 Å². The molecule has 1 amide bonds. The molecule has 11 heteroatoms. The molecule has 0 radical (unpaired) electrons. The molecule has 3 aromatic carbocycles. The standard InChI is InChI=1S/C29H30BrN3O6S/c30-23-18-32-28-25(39-19-26(34)35)15-14-21(27(23)28)17-24(33-40(37,38)22-12-5-2-6-13-22)29(36)31-16-8-7-11-20-9-3-1-4-10-20/h1-6,9-10,12-15,18,24,32-33H,7-8,11,16-17,19H2,(H,31,36)(H,34,35). The van der Waals surface area contributed by atoms with Crippen LogP contribution in [0.1, 0.15) is 24.0 Å². The summed E-state index contributed by atoms with van der Waals surface area (Å²) in [5.74, 6) is -1.22. The number of fused-ring (bicyclic) bond motifs is 1. The van der Waals surface area contributed by atoms with Crippen LogP contribution < -0.4 is 14.8 Å². The zero-order valence-corrected chi connectivity index (χ0v) is 24.0. The summed E-state index contributed by atoms with van der Waals surface area (Å²) in [5.41, 5.74) is 2.43. The summed E-state index contributed by atoms with van der Waals surface area (Å²) in [6, 6.07) is 20.2. The van der Waals surface area contributed by atoms with Crippen LogP contribution >= 0.6 is 15.9 Å². The van der Waals surface area contributed by atoms with E-state index in [-0.39, 0.29) is 11.3 Å². The van der Waals surface area contributed by atoms with Gasteiger partial charge in [0.25, 0.3) is 0 Å². The number of sulfonamides is 1. The van der Waals surface area contributed by atoms with E-state index in [1.165, 1.54) is 17.7 Å². The zero-order valence-electron chi connectivity index (χ0n) is 21.6. The monoisotopic (exact) mass is 627 g/mol. The first-order chi connectivity index (χ1) is 19.2. The Labute approximate surface area is 241 Å². The van der Waals surface area contributed by atoms with Crippen molar-refractivity contribution in [1.82, 2.24) is 15.0 Å². The summed E-state index contributed by atoms with van der Waals surface area (Å²) >= 11 is 3.49. The highest BCUT2D eigenvalue weighted by atomic mass is 79.9. The largest absolute Gasteiger partial charge is 0.480 e. The van der Waals surface area contributed by atoms with Crippen LogP contribution in [0.3, 0.4) is 0 Å². The Morgan fingerprint density at radius 1 is 0.975 bits per heavy atom. The van der Waals surface area contributed by atoms with Crippen molar-refractivity contribution in [2.45, 2.75) is 36.6 Å². The molecule has 4 aromatic rings. The first-order valence-electron chi connectivity index (χ1n) is 12.8. The number of amides is 1. The number of rotatable bonds is 14. The van der Waals surface area contributed by atoms with Gasteiger partial charge in [0.1, 0.15) is 11.8 Å². The predicted octanol–water partition coefficient (Wildman–Crippen LogP) is 4.42. The van der Waals surface area contributed by atoms with E-state index in [1.807, 2.05) is 18.2 Å². The fourth-order valence-electron chi connectivity index (χ4n) is 4.38. The quantitative estimate of drug-likeness (QED) is 0.153. The second-order valence-electron chi connectivity index (χ2n) is 9.22. The Balaban J connectivity index is 1.52. The Hall–Kier alpha value is -3.67. The first kappa shape index (κ1) is 29.3. The molecule has 1 unspecified atom stereocenters. The molecule has 1 aromatic heterocycles. The van der Waals surface area contributed by atoms with Gasteiger partial charge in [0.2, 0.25) is 15.9 Å². The van der Waals surface area contributed by atoms with Crippen molar-refractivity contribution >= 4 is 48.7 Å². The van der Waals surface area contributed by atoms with Crippen LogP contribution in [0.15, 0.2) is 88.4 Å². The van der Waals surface area contributed by atoms with Gasteiger partial charge in [-0.2, -0.15) is 4.72 Å². The number of carboxylic acid groups (broad SMARTS) is 1. The smallest absolute Gasteiger partial charge is 0.341 e. The summed E-state index contributed by atoms with van der Waals surface area (Å²) in [7, 11) is -3.99. The summed E-state index contributed by atoms with van der Waals surface area (Å²) in [4.78, 5) is 27.5. The predicted molar refractivity (Wildman–Crippen MR) is 156 cm³/mol. The van der Waals surface area contributed by atoms with E-state index >= 15 is 0 Å². The van der Waals surface area contributed by atoms with E-state index in [4.69, 9.17) is 9.84 Å². The Kier molecular flexibility index (Phi) is 9.97. The van der Waals surface area contributed by atoms with Crippen molar-refractivity contribution in [2.75, 3.05) is 13.2 Å². The van der Waals surface area contributed by atoms with E-state index in [0.717, 1.165) is 19.3 Å². The summed E-state index contributed by atoms with van der Waals surface area (Å²) in [5, 5.41) is 12.6. The lowest BCUT2D eigenvalue weighted by Crippen LogP contribution is -2.48. The van der Waals surface area contributed by atoms with Gasteiger partial charge in [-0.25, -0.2) is 13.2 Å². The normalized spacial score (nSPS) is 12.2. The number of ether oxygens (including phenoxy) is 1. The lowest BCUT2D eigenvalue weighted by Gasteiger charge is -2.20. The number of aromatic nitrogens is 1. The van der Waals surface area contributed by atoms with E-state index in [2.05, 4.69) is 43.1 Å². The van der Waals surface area contributed by atoms with Crippen LogP contribution in [0.25, 0.3) is 10.9 Å².